The van der Waals surface area contributed by atoms with Crippen LogP contribution < -0.4 is 0 Å². The average molecular weight is 256 g/mol. The number of rotatable bonds is 4. The second-order valence-corrected chi connectivity index (χ2v) is 5.37. The first-order valence-electron chi connectivity index (χ1n) is 6.60. The van der Waals surface area contributed by atoms with E-state index in [4.69, 9.17) is 5.11 Å². The Morgan fingerprint density at radius 2 is 1.44 bits per heavy atom. The quantitative estimate of drug-likeness (QED) is 0.811. The molecule has 1 saturated heterocycles. The van der Waals surface area contributed by atoms with Gasteiger partial charge in [0.15, 0.2) is 0 Å². The third kappa shape index (κ3) is 3.45. The second kappa shape index (κ2) is 6.18. The molecule has 0 radical (unpaired) electrons. The van der Waals surface area contributed by atoms with Crippen molar-refractivity contribution in [1.82, 2.24) is 9.80 Å². The number of hydrogen-bond donors (Lipinski definition) is 1. The number of carboxylic acid groups (broad SMARTS) is 1. The number of carbonyl (C=O) groups is 2. The van der Waals surface area contributed by atoms with Gasteiger partial charge in [-0.2, -0.15) is 0 Å². The van der Waals surface area contributed by atoms with E-state index < -0.39 is 17.8 Å². The van der Waals surface area contributed by atoms with Crippen LogP contribution in [0.25, 0.3) is 0 Å². The molecule has 1 aliphatic heterocycles. The van der Waals surface area contributed by atoms with Gasteiger partial charge < -0.3 is 10.0 Å². The molecule has 1 rings (SSSR count). The Morgan fingerprint density at radius 3 is 1.83 bits per heavy atom. The van der Waals surface area contributed by atoms with E-state index in [1.54, 1.807) is 18.7 Å². The van der Waals surface area contributed by atoms with Crippen LogP contribution >= 0.6 is 0 Å². The Labute approximate surface area is 109 Å². The molecular weight excluding hydrogens is 232 g/mol. The fourth-order valence-electron chi connectivity index (χ4n) is 2.17. The summed E-state index contributed by atoms with van der Waals surface area (Å²) in [6, 6.07) is 0.498. The molecule has 1 aliphatic rings. The van der Waals surface area contributed by atoms with Gasteiger partial charge in [-0.15, -0.1) is 0 Å². The van der Waals surface area contributed by atoms with Gasteiger partial charge in [0, 0.05) is 38.1 Å². The van der Waals surface area contributed by atoms with Crippen LogP contribution in [-0.4, -0.2) is 59.0 Å². The van der Waals surface area contributed by atoms with E-state index in [0.29, 0.717) is 19.1 Å². The molecule has 104 valence electrons. The average Bonchev–Trinajstić information content (AvgIpc) is 2.36. The summed E-state index contributed by atoms with van der Waals surface area (Å²) in [7, 11) is 0. The normalized spacial score (nSPS) is 20.8. The summed E-state index contributed by atoms with van der Waals surface area (Å²) >= 11 is 0. The van der Waals surface area contributed by atoms with Crippen molar-refractivity contribution >= 4 is 11.9 Å². The highest BCUT2D eigenvalue weighted by Crippen LogP contribution is 2.16. The predicted molar refractivity (Wildman–Crippen MR) is 69.3 cm³/mol. The first kappa shape index (κ1) is 15.0. The van der Waals surface area contributed by atoms with E-state index in [-0.39, 0.29) is 5.91 Å². The smallest absolute Gasteiger partial charge is 0.307 e. The van der Waals surface area contributed by atoms with Crippen LogP contribution in [0.4, 0.5) is 0 Å². The van der Waals surface area contributed by atoms with Crippen molar-refractivity contribution in [1.29, 1.82) is 0 Å². The van der Waals surface area contributed by atoms with Crippen molar-refractivity contribution in [3.8, 4) is 0 Å². The first-order chi connectivity index (χ1) is 8.34. The molecule has 5 nitrogen and oxygen atoms in total. The Balaban J connectivity index is 2.52. The Kier molecular flexibility index (Phi) is 5.14. The molecule has 0 spiro atoms. The second-order valence-electron chi connectivity index (χ2n) is 5.37. The van der Waals surface area contributed by atoms with Crippen LogP contribution in [-0.2, 0) is 9.59 Å². The van der Waals surface area contributed by atoms with Gasteiger partial charge in [-0.25, -0.2) is 0 Å². The number of nitrogens with zero attached hydrogens (tertiary/aromatic N) is 2. The van der Waals surface area contributed by atoms with Gasteiger partial charge in [-0.1, -0.05) is 13.8 Å². The van der Waals surface area contributed by atoms with Gasteiger partial charge in [-0.3, -0.25) is 14.5 Å². The van der Waals surface area contributed by atoms with E-state index in [1.165, 1.54) is 0 Å². The maximum absolute atomic E-state index is 12.2. The Hall–Kier alpha value is -1.10. The van der Waals surface area contributed by atoms with Gasteiger partial charge in [0.1, 0.15) is 0 Å². The van der Waals surface area contributed by atoms with Gasteiger partial charge in [0.05, 0.1) is 5.92 Å². The predicted octanol–water partition coefficient (Wildman–Crippen LogP) is 0.896. The molecule has 5 heteroatoms. The summed E-state index contributed by atoms with van der Waals surface area (Å²) < 4.78 is 0. The van der Waals surface area contributed by atoms with Gasteiger partial charge in [0.2, 0.25) is 5.91 Å². The summed E-state index contributed by atoms with van der Waals surface area (Å²) in [6.07, 6.45) is 0. The molecule has 2 atom stereocenters. The molecule has 0 aromatic rings. The fourth-order valence-corrected chi connectivity index (χ4v) is 2.17. The lowest BCUT2D eigenvalue weighted by Crippen LogP contribution is -2.52. The van der Waals surface area contributed by atoms with E-state index in [2.05, 4.69) is 18.7 Å². The van der Waals surface area contributed by atoms with Crippen molar-refractivity contribution in [3.05, 3.63) is 0 Å². The highest BCUT2D eigenvalue weighted by molar-refractivity contribution is 5.84. The topological polar surface area (TPSA) is 60.9 Å². The van der Waals surface area contributed by atoms with Crippen molar-refractivity contribution in [2.24, 2.45) is 11.8 Å². The highest BCUT2D eigenvalue weighted by Gasteiger charge is 2.31. The first-order valence-corrected chi connectivity index (χ1v) is 6.60. The minimum absolute atomic E-state index is 0.0340. The number of piperazine rings is 1. The lowest BCUT2D eigenvalue weighted by atomic mass is 9.94. The SMILES string of the molecule is CC(C(=O)O)C(C)C(=O)N1CCN(C(C)C)CC1. The zero-order chi connectivity index (χ0) is 13.9. The van der Waals surface area contributed by atoms with Crippen molar-refractivity contribution in [2.45, 2.75) is 33.7 Å². The van der Waals surface area contributed by atoms with Gasteiger partial charge in [-0.05, 0) is 13.8 Å². The largest absolute Gasteiger partial charge is 0.481 e. The minimum Gasteiger partial charge on any atom is -0.481 e. The van der Waals surface area contributed by atoms with Crippen LogP contribution in [0.15, 0.2) is 0 Å². The molecular formula is C13H24N2O3. The van der Waals surface area contributed by atoms with E-state index in [0.717, 1.165) is 13.1 Å². The Morgan fingerprint density at radius 1 is 0.944 bits per heavy atom. The zero-order valence-electron chi connectivity index (χ0n) is 11.7. The Bertz CT molecular complexity index is 309. The number of aliphatic carboxylic acids is 1. The summed E-state index contributed by atoms with van der Waals surface area (Å²) in [5.41, 5.74) is 0. The molecule has 0 aliphatic carbocycles. The molecule has 1 amide bonds. The maximum atomic E-state index is 12.2. The molecule has 18 heavy (non-hydrogen) atoms. The number of carboxylic acids is 1. The summed E-state index contributed by atoms with van der Waals surface area (Å²) in [5, 5.41) is 8.94. The van der Waals surface area contributed by atoms with Gasteiger partial charge in [0.25, 0.3) is 0 Å². The molecule has 0 saturated carbocycles. The van der Waals surface area contributed by atoms with Gasteiger partial charge >= 0.3 is 5.97 Å². The number of amides is 1. The molecule has 0 aromatic carbocycles. The fraction of sp³-hybridized carbons (Fsp3) is 0.846. The van der Waals surface area contributed by atoms with Crippen LogP contribution in [0.3, 0.4) is 0 Å². The molecule has 1 heterocycles. The summed E-state index contributed by atoms with van der Waals surface area (Å²) in [6.45, 7) is 10.7. The lowest BCUT2D eigenvalue weighted by molar-refractivity contribution is -0.149. The molecule has 1 N–H and O–H groups in total. The van der Waals surface area contributed by atoms with E-state index >= 15 is 0 Å². The van der Waals surface area contributed by atoms with Crippen LogP contribution in [0.2, 0.25) is 0 Å². The number of carbonyl (C=O) groups excluding carboxylic acids is 1. The van der Waals surface area contributed by atoms with Crippen LogP contribution in [0.1, 0.15) is 27.7 Å². The third-order valence-corrected chi connectivity index (χ3v) is 3.89. The van der Waals surface area contributed by atoms with Crippen LogP contribution in [0.5, 0.6) is 0 Å². The minimum atomic E-state index is -0.906. The van der Waals surface area contributed by atoms with Crippen molar-refractivity contribution < 1.29 is 14.7 Å². The summed E-state index contributed by atoms with van der Waals surface area (Å²) in [5.74, 6) is -2.02. The van der Waals surface area contributed by atoms with Crippen LogP contribution in [0, 0.1) is 11.8 Å². The molecule has 1 fully saturated rings. The third-order valence-electron chi connectivity index (χ3n) is 3.89. The van der Waals surface area contributed by atoms with Crippen molar-refractivity contribution in [3.63, 3.8) is 0 Å². The monoisotopic (exact) mass is 256 g/mol. The summed E-state index contributed by atoms with van der Waals surface area (Å²) in [4.78, 5) is 27.2. The lowest BCUT2D eigenvalue weighted by Gasteiger charge is -2.38. The highest BCUT2D eigenvalue weighted by atomic mass is 16.4. The zero-order valence-corrected chi connectivity index (χ0v) is 11.7. The maximum Gasteiger partial charge on any atom is 0.307 e. The van der Waals surface area contributed by atoms with E-state index in [1.807, 2.05) is 0 Å². The molecule has 0 bridgehead atoms. The van der Waals surface area contributed by atoms with Crippen molar-refractivity contribution in [2.75, 3.05) is 26.2 Å². The number of hydrogen-bond acceptors (Lipinski definition) is 3. The standard InChI is InChI=1S/C13H24N2O3/c1-9(2)14-5-7-15(8-6-14)12(16)10(3)11(4)13(17)18/h9-11H,5-8H2,1-4H3,(H,17,18). The molecule has 2 unspecified atom stereocenters. The van der Waals surface area contributed by atoms with E-state index in [9.17, 15) is 9.59 Å². The molecule has 0 aromatic heterocycles.